The molecule has 1 fully saturated rings. The van der Waals surface area contributed by atoms with E-state index in [0.29, 0.717) is 0 Å². The van der Waals surface area contributed by atoms with Gasteiger partial charge in [-0.1, -0.05) is 11.3 Å². The number of alkyl halides is 6. The molecule has 2 N–H and O–H groups in total. The SMILES string of the molecule is O=C1NC(CC(F)(F)Cl)CN1Cc1c(C(F)(F)F)nc2sc(CO)nn12. The smallest absolute Gasteiger partial charge is 0.389 e. The molecule has 1 aliphatic heterocycles. The van der Waals surface area contributed by atoms with Gasteiger partial charge in [-0.25, -0.2) is 14.3 Å². The average Bonchev–Trinajstić information content (AvgIpc) is 3.11. The summed E-state index contributed by atoms with van der Waals surface area (Å²) in [5, 5.41) is 11.8. The van der Waals surface area contributed by atoms with Crippen LogP contribution in [0, 0.1) is 0 Å². The standard InChI is InChI=1S/C12H11ClF5N5O2S/c13-11(14,15)1-5-2-22(9(25)19-5)3-6-8(12(16,17)18)20-10-23(6)21-7(4-24)26-10/h5,24H,1-4H2,(H,19,25). The van der Waals surface area contributed by atoms with Gasteiger partial charge in [0.25, 0.3) is 0 Å². The van der Waals surface area contributed by atoms with Crippen LogP contribution in [-0.2, 0) is 19.3 Å². The lowest BCUT2D eigenvalue weighted by atomic mass is 10.2. The van der Waals surface area contributed by atoms with E-state index in [2.05, 4.69) is 15.4 Å². The second-order valence-electron chi connectivity index (χ2n) is 5.60. The van der Waals surface area contributed by atoms with Gasteiger partial charge in [-0.3, -0.25) is 0 Å². The fraction of sp³-hybridized carbons (Fsp3) is 0.583. The summed E-state index contributed by atoms with van der Waals surface area (Å²) in [6, 6.07) is -1.80. The molecule has 2 aromatic heterocycles. The summed E-state index contributed by atoms with van der Waals surface area (Å²) in [4.78, 5) is 16.2. The number of aliphatic hydroxyl groups excluding tert-OH is 1. The quantitative estimate of drug-likeness (QED) is 0.576. The van der Waals surface area contributed by atoms with Crippen molar-refractivity contribution in [2.45, 2.75) is 37.2 Å². The van der Waals surface area contributed by atoms with Crippen LogP contribution in [0.25, 0.3) is 4.96 Å². The van der Waals surface area contributed by atoms with Crippen LogP contribution in [0.2, 0.25) is 0 Å². The summed E-state index contributed by atoms with van der Waals surface area (Å²) in [5.41, 5.74) is -1.64. The second-order valence-corrected chi connectivity index (χ2v) is 7.19. The topological polar surface area (TPSA) is 82.8 Å². The van der Waals surface area contributed by atoms with E-state index >= 15 is 0 Å². The minimum absolute atomic E-state index is 0.0974. The Kier molecular flexibility index (Phi) is 4.73. The highest BCUT2D eigenvalue weighted by Crippen LogP contribution is 2.34. The molecule has 1 atom stereocenters. The zero-order valence-corrected chi connectivity index (χ0v) is 14.3. The third-order valence-corrected chi connectivity index (χ3v) is 4.66. The van der Waals surface area contributed by atoms with Gasteiger partial charge in [0.15, 0.2) is 5.69 Å². The first kappa shape index (κ1) is 19.0. The van der Waals surface area contributed by atoms with E-state index < -0.39 is 54.6 Å². The maximum Gasteiger partial charge on any atom is 0.435 e. The van der Waals surface area contributed by atoms with Crippen molar-refractivity contribution < 1.29 is 31.9 Å². The molecule has 0 spiro atoms. The number of amides is 2. The molecule has 0 bridgehead atoms. The molecule has 26 heavy (non-hydrogen) atoms. The molecule has 2 amide bonds. The maximum absolute atomic E-state index is 13.2. The number of nitrogens with zero attached hydrogens (tertiary/aromatic N) is 4. The van der Waals surface area contributed by atoms with Crippen LogP contribution in [0.5, 0.6) is 0 Å². The summed E-state index contributed by atoms with van der Waals surface area (Å²) in [5.74, 6) is 0. The first-order chi connectivity index (χ1) is 12.0. The van der Waals surface area contributed by atoms with Gasteiger partial charge in [-0.15, -0.1) is 0 Å². The number of halogens is 6. The highest BCUT2D eigenvalue weighted by atomic mass is 35.5. The lowest BCUT2D eigenvalue weighted by Crippen LogP contribution is -2.31. The van der Waals surface area contributed by atoms with Crippen LogP contribution in [0.4, 0.5) is 26.7 Å². The molecule has 1 unspecified atom stereocenters. The van der Waals surface area contributed by atoms with Gasteiger partial charge in [-0.05, 0) is 11.6 Å². The van der Waals surface area contributed by atoms with Gasteiger partial charge in [0, 0.05) is 13.0 Å². The fourth-order valence-electron chi connectivity index (χ4n) is 2.64. The Hall–Kier alpha value is -1.73. The predicted molar refractivity (Wildman–Crippen MR) is 79.9 cm³/mol. The number of carbonyl (C=O) groups excluding carboxylic acids is 1. The number of aromatic nitrogens is 3. The molecule has 1 saturated heterocycles. The summed E-state index contributed by atoms with van der Waals surface area (Å²) in [6.45, 7) is -1.27. The number of rotatable bonds is 5. The lowest BCUT2D eigenvalue weighted by Gasteiger charge is -2.16. The zero-order valence-electron chi connectivity index (χ0n) is 12.7. The van der Waals surface area contributed by atoms with E-state index in [1.165, 1.54) is 0 Å². The van der Waals surface area contributed by atoms with E-state index in [9.17, 15) is 26.7 Å². The molecule has 0 aliphatic carbocycles. The summed E-state index contributed by atoms with van der Waals surface area (Å²) in [6.07, 6.45) is -5.64. The summed E-state index contributed by atoms with van der Waals surface area (Å²) in [7, 11) is 0. The Morgan fingerprint density at radius 1 is 1.35 bits per heavy atom. The molecule has 0 radical (unpaired) electrons. The number of urea groups is 1. The van der Waals surface area contributed by atoms with E-state index in [0.717, 1.165) is 20.8 Å². The number of imidazole rings is 1. The van der Waals surface area contributed by atoms with E-state index in [1.54, 1.807) is 0 Å². The van der Waals surface area contributed by atoms with Crippen molar-refractivity contribution in [2.24, 2.45) is 0 Å². The van der Waals surface area contributed by atoms with Crippen molar-refractivity contribution in [3.05, 3.63) is 16.4 Å². The van der Waals surface area contributed by atoms with E-state index in [-0.39, 0.29) is 16.5 Å². The third kappa shape index (κ3) is 3.83. The highest BCUT2D eigenvalue weighted by Gasteiger charge is 2.42. The maximum atomic E-state index is 13.2. The van der Waals surface area contributed by atoms with E-state index in [4.69, 9.17) is 16.7 Å². The molecule has 1 aliphatic rings. The highest BCUT2D eigenvalue weighted by molar-refractivity contribution is 7.16. The minimum atomic E-state index is -4.79. The summed E-state index contributed by atoms with van der Waals surface area (Å²) >= 11 is 5.61. The van der Waals surface area contributed by atoms with Crippen molar-refractivity contribution in [3.63, 3.8) is 0 Å². The van der Waals surface area contributed by atoms with Crippen LogP contribution in [-0.4, -0.2) is 48.6 Å². The van der Waals surface area contributed by atoms with Crippen LogP contribution >= 0.6 is 22.9 Å². The number of hydrogen-bond acceptors (Lipinski definition) is 5. The van der Waals surface area contributed by atoms with E-state index in [1.807, 2.05) is 0 Å². The summed E-state index contributed by atoms with van der Waals surface area (Å²) < 4.78 is 66.3. The largest absolute Gasteiger partial charge is 0.435 e. The predicted octanol–water partition coefficient (Wildman–Crippen LogP) is 2.42. The lowest BCUT2D eigenvalue weighted by molar-refractivity contribution is -0.141. The molecule has 144 valence electrons. The van der Waals surface area contributed by atoms with Gasteiger partial charge >= 0.3 is 17.6 Å². The third-order valence-electron chi connectivity index (χ3n) is 3.62. The molecule has 0 aromatic carbocycles. The van der Waals surface area contributed by atoms with Crippen molar-refractivity contribution in [3.8, 4) is 0 Å². The Morgan fingerprint density at radius 3 is 2.62 bits per heavy atom. The Bertz CT molecular complexity index is 832. The number of carbonyl (C=O) groups is 1. The number of hydrogen-bond donors (Lipinski definition) is 2. The van der Waals surface area contributed by atoms with Crippen LogP contribution in [0.15, 0.2) is 0 Å². The molecule has 7 nitrogen and oxygen atoms in total. The molecule has 0 saturated carbocycles. The first-order valence-electron chi connectivity index (χ1n) is 7.15. The normalized spacial score (nSPS) is 18.8. The van der Waals surface area contributed by atoms with Crippen molar-refractivity contribution in [1.82, 2.24) is 24.8 Å². The van der Waals surface area contributed by atoms with Gasteiger partial charge in [-0.2, -0.15) is 27.1 Å². The van der Waals surface area contributed by atoms with Crippen LogP contribution < -0.4 is 5.32 Å². The fourth-order valence-corrected chi connectivity index (χ4v) is 3.59. The molecule has 3 rings (SSSR count). The van der Waals surface area contributed by atoms with Gasteiger partial charge in [0.2, 0.25) is 4.96 Å². The van der Waals surface area contributed by atoms with Crippen molar-refractivity contribution in [2.75, 3.05) is 6.54 Å². The Balaban J connectivity index is 1.90. The molecular weight excluding hydrogens is 409 g/mol. The second kappa shape index (κ2) is 6.46. The Labute approximate surface area is 151 Å². The molecule has 2 aromatic rings. The molecular formula is C12H11ClF5N5O2S. The first-order valence-corrected chi connectivity index (χ1v) is 8.35. The average molecular weight is 420 g/mol. The van der Waals surface area contributed by atoms with Crippen LogP contribution in [0.3, 0.4) is 0 Å². The molecule has 14 heteroatoms. The number of nitrogens with one attached hydrogen (secondary N) is 1. The zero-order chi connectivity index (χ0) is 19.3. The van der Waals surface area contributed by atoms with Crippen molar-refractivity contribution >= 4 is 33.9 Å². The van der Waals surface area contributed by atoms with Gasteiger partial charge in [0.05, 0.1) is 24.9 Å². The minimum Gasteiger partial charge on any atom is -0.389 e. The Morgan fingerprint density at radius 2 is 2.04 bits per heavy atom. The van der Waals surface area contributed by atoms with Crippen molar-refractivity contribution in [1.29, 1.82) is 0 Å². The monoisotopic (exact) mass is 419 g/mol. The number of fused-ring (bicyclic) bond motifs is 1. The number of aliphatic hydroxyl groups is 1. The van der Waals surface area contributed by atoms with Gasteiger partial charge < -0.3 is 15.3 Å². The molecule has 3 heterocycles. The van der Waals surface area contributed by atoms with Crippen LogP contribution in [0.1, 0.15) is 22.8 Å². The van der Waals surface area contributed by atoms with Gasteiger partial charge in [0.1, 0.15) is 5.01 Å².